The summed E-state index contributed by atoms with van der Waals surface area (Å²) in [5, 5.41) is 0. The molecule has 0 fully saturated rings. The standard InChI is InChI=1S/C10H16S/c1-6-9(11-5)7-8-10(2,3)4/h6H,1-5H3. The highest BCUT2D eigenvalue weighted by molar-refractivity contribution is 8.02. The van der Waals surface area contributed by atoms with Gasteiger partial charge in [-0.1, -0.05) is 17.9 Å². The monoisotopic (exact) mass is 168 g/mol. The van der Waals surface area contributed by atoms with Crippen LogP contribution in [0.1, 0.15) is 27.7 Å². The lowest BCUT2D eigenvalue weighted by Crippen LogP contribution is -1.99. The lowest BCUT2D eigenvalue weighted by molar-refractivity contribution is 0.571. The summed E-state index contributed by atoms with van der Waals surface area (Å²) in [5.41, 5.74) is 0.115. The van der Waals surface area contributed by atoms with E-state index in [0.717, 1.165) is 4.91 Å². The van der Waals surface area contributed by atoms with Gasteiger partial charge in [0, 0.05) is 5.41 Å². The zero-order chi connectivity index (χ0) is 8.91. The number of hydrogen-bond donors (Lipinski definition) is 0. The molecule has 0 radical (unpaired) electrons. The van der Waals surface area contributed by atoms with Crippen LogP contribution in [0.25, 0.3) is 0 Å². The highest BCUT2D eigenvalue weighted by Gasteiger charge is 2.03. The summed E-state index contributed by atoms with van der Waals surface area (Å²) in [6.07, 6.45) is 4.09. The van der Waals surface area contributed by atoms with Crippen LogP contribution in [0.5, 0.6) is 0 Å². The molecule has 0 aliphatic heterocycles. The topological polar surface area (TPSA) is 0 Å². The number of allylic oxidation sites excluding steroid dienone is 2. The van der Waals surface area contributed by atoms with Gasteiger partial charge >= 0.3 is 0 Å². The van der Waals surface area contributed by atoms with Crippen molar-refractivity contribution in [3.8, 4) is 11.8 Å². The van der Waals surface area contributed by atoms with Crippen molar-refractivity contribution in [2.75, 3.05) is 6.26 Å². The highest BCUT2D eigenvalue weighted by atomic mass is 32.2. The summed E-state index contributed by atoms with van der Waals surface area (Å²) >= 11 is 1.70. The van der Waals surface area contributed by atoms with Gasteiger partial charge in [0.05, 0.1) is 4.91 Å². The molecule has 0 bridgehead atoms. The smallest absolute Gasteiger partial charge is 0.0528 e. The third-order valence-corrected chi connectivity index (χ3v) is 1.82. The van der Waals surface area contributed by atoms with E-state index in [4.69, 9.17) is 0 Å². The summed E-state index contributed by atoms with van der Waals surface area (Å²) < 4.78 is 0. The Balaban J connectivity index is 4.29. The first kappa shape index (κ1) is 10.7. The van der Waals surface area contributed by atoms with Crippen LogP contribution >= 0.6 is 11.8 Å². The summed E-state index contributed by atoms with van der Waals surface area (Å²) in [6, 6.07) is 0. The van der Waals surface area contributed by atoms with Crippen LogP contribution < -0.4 is 0 Å². The molecular formula is C10H16S. The maximum absolute atomic E-state index is 3.18. The maximum Gasteiger partial charge on any atom is 0.0528 e. The fourth-order valence-electron chi connectivity index (χ4n) is 0.490. The van der Waals surface area contributed by atoms with E-state index >= 15 is 0 Å². The summed E-state index contributed by atoms with van der Waals surface area (Å²) in [7, 11) is 0. The molecule has 1 heteroatoms. The van der Waals surface area contributed by atoms with Crippen molar-refractivity contribution in [1.82, 2.24) is 0 Å². The number of hydrogen-bond acceptors (Lipinski definition) is 1. The number of thioether (sulfide) groups is 1. The van der Waals surface area contributed by atoms with Crippen molar-refractivity contribution in [1.29, 1.82) is 0 Å². The maximum atomic E-state index is 3.18. The zero-order valence-corrected chi connectivity index (χ0v) is 8.80. The van der Waals surface area contributed by atoms with E-state index in [1.54, 1.807) is 11.8 Å². The second kappa shape index (κ2) is 4.51. The van der Waals surface area contributed by atoms with Gasteiger partial charge in [0.2, 0.25) is 0 Å². The Labute approximate surface area is 74.5 Å². The molecule has 0 saturated heterocycles. The minimum Gasteiger partial charge on any atom is -0.121 e. The molecule has 62 valence electrons. The average Bonchev–Trinajstić information content (AvgIpc) is 1.88. The lowest BCUT2D eigenvalue weighted by atomic mass is 9.98. The molecule has 0 aromatic carbocycles. The Kier molecular flexibility index (Phi) is 4.37. The Morgan fingerprint density at radius 2 is 1.91 bits per heavy atom. The van der Waals surface area contributed by atoms with Crippen LogP contribution in [0.3, 0.4) is 0 Å². The normalized spacial score (nSPS) is 12.3. The van der Waals surface area contributed by atoms with E-state index < -0.39 is 0 Å². The number of rotatable bonds is 1. The van der Waals surface area contributed by atoms with Gasteiger partial charge in [0.1, 0.15) is 0 Å². The van der Waals surface area contributed by atoms with E-state index in [0.29, 0.717) is 0 Å². The third-order valence-electron chi connectivity index (χ3n) is 1.04. The minimum atomic E-state index is 0.115. The Morgan fingerprint density at radius 1 is 1.36 bits per heavy atom. The fourth-order valence-corrected chi connectivity index (χ4v) is 0.879. The molecule has 0 saturated carbocycles. The van der Waals surface area contributed by atoms with Crippen LogP contribution in [0.15, 0.2) is 11.0 Å². The molecule has 0 nitrogen and oxygen atoms in total. The lowest BCUT2D eigenvalue weighted by Gasteiger charge is -2.06. The van der Waals surface area contributed by atoms with E-state index in [9.17, 15) is 0 Å². The first-order valence-corrected chi connectivity index (χ1v) is 4.95. The quantitative estimate of drug-likeness (QED) is 0.541. The molecule has 0 aromatic heterocycles. The van der Waals surface area contributed by atoms with E-state index in [-0.39, 0.29) is 5.41 Å². The third kappa shape index (κ3) is 6.06. The molecule has 0 rings (SSSR count). The van der Waals surface area contributed by atoms with Crippen molar-refractivity contribution in [2.45, 2.75) is 27.7 Å². The van der Waals surface area contributed by atoms with Crippen molar-refractivity contribution in [3.05, 3.63) is 11.0 Å². The molecule has 0 atom stereocenters. The van der Waals surface area contributed by atoms with Gasteiger partial charge in [-0.2, -0.15) is 0 Å². The van der Waals surface area contributed by atoms with Crippen molar-refractivity contribution in [2.24, 2.45) is 5.41 Å². The van der Waals surface area contributed by atoms with E-state index in [1.807, 2.05) is 19.3 Å². The SMILES string of the molecule is CC=C(C#CC(C)(C)C)SC. The predicted molar refractivity (Wildman–Crippen MR) is 54.5 cm³/mol. The molecule has 0 heterocycles. The van der Waals surface area contributed by atoms with E-state index in [2.05, 4.69) is 32.6 Å². The van der Waals surface area contributed by atoms with Crippen LogP contribution in [0.2, 0.25) is 0 Å². The van der Waals surface area contributed by atoms with Crippen molar-refractivity contribution < 1.29 is 0 Å². The van der Waals surface area contributed by atoms with Crippen LogP contribution in [-0.2, 0) is 0 Å². The molecular weight excluding hydrogens is 152 g/mol. The Bertz CT molecular complexity index is 195. The minimum absolute atomic E-state index is 0.115. The fraction of sp³-hybridized carbons (Fsp3) is 0.600. The van der Waals surface area contributed by atoms with Crippen molar-refractivity contribution in [3.63, 3.8) is 0 Å². The average molecular weight is 168 g/mol. The van der Waals surface area contributed by atoms with Gasteiger partial charge < -0.3 is 0 Å². The summed E-state index contributed by atoms with van der Waals surface area (Å²) in [6.45, 7) is 8.37. The van der Waals surface area contributed by atoms with Crippen LogP contribution in [0.4, 0.5) is 0 Å². The second-order valence-corrected chi connectivity index (χ2v) is 4.21. The van der Waals surface area contributed by atoms with Gasteiger partial charge in [-0.05, 0) is 34.0 Å². The van der Waals surface area contributed by atoms with Crippen LogP contribution in [0, 0.1) is 17.3 Å². The van der Waals surface area contributed by atoms with Crippen LogP contribution in [-0.4, -0.2) is 6.26 Å². The molecule has 0 aliphatic rings. The summed E-state index contributed by atoms with van der Waals surface area (Å²) in [4.78, 5) is 1.15. The molecule has 0 aromatic rings. The van der Waals surface area contributed by atoms with Gasteiger partial charge in [-0.15, -0.1) is 11.8 Å². The first-order valence-electron chi connectivity index (χ1n) is 3.73. The first-order chi connectivity index (χ1) is 4.99. The molecule has 0 amide bonds. The highest BCUT2D eigenvalue weighted by Crippen LogP contribution is 2.13. The van der Waals surface area contributed by atoms with Gasteiger partial charge in [-0.25, -0.2) is 0 Å². The largest absolute Gasteiger partial charge is 0.121 e. The predicted octanol–water partition coefficient (Wildman–Crippen LogP) is 3.30. The van der Waals surface area contributed by atoms with Gasteiger partial charge in [0.25, 0.3) is 0 Å². The molecule has 0 N–H and O–H groups in total. The van der Waals surface area contributed by atoms with Gasteiger partial charge in [-0.3, -0.25) is 0 Å². The zero-order valence-electron chi connectivity index (χ0n) is 7.99. The molecule has 0 unspecified atom stereocenters. The van der Waals surface area contributed by atoms with E-state index in [1.165, 1.54) is 0 Å². The summed E-state index contributed by atoms with van der Waals surface area (Å²) in [5.74, 6) is 6.32. The molecule has 11 heavy (non-hydrogen) atoms. The van der Waals surface area contributed by atoms with Crippen molar-refractivity contribution >= 4 is 11.8 Å². The van der Waals surface area contributed by atoms with Gasteiger partial charge in [0.15, 0.2) is 0 Å². The molecule has 0 aliphatic carbocycles. The Morgan fingerprint density at radius 3 is 2.18 bits per heavy atom. The second-order valence-electron chi connectivity index (χ2n) is 3.36. The molecule has 0 spiro atoms. The Hall–Kier alpha value is -0.350.